The first kappa shape index (κ1) is 19.7. The molecule has 1 aromatic carbocycles. The van der Waals surface area contributed by atoms with E-state index in [9.17, 15) is 4.79 Å². The molecule has 1 aromatic heterocycles. The number of rotatable bonds is 6. The van der Waals surface area contributed by atoms with Crippen molar-refractivity contribution in [2.75, 3.05) is 26.3 Å². The average molecular weight is 400 g/mol. The maximum atomic E-state index is 12.0. The number of carbonyl (C=O) groups excluding carboxylic acids is 1. The highest BCUT2D eigenvalue weighted by molar-refractivity contribution is 5.75. The van der Waals surface area contributed by atoms with Crippen molar-refractivity contribution >= 4 is 6.03 Å². The summed E-state index contributed by atoms with van der Waals surface area (Å²) < 4.78 is 16.8. The predicted octanol–water partition coefficient (Wildman–Crippen LogP) is 3.20. The third-order valence-corrected chi connectivity index (χ3v) is 5.55. The summed E-state index contributed by atoms with van der Waals surface area (Å²) in [5.41, 5.74) is 0.891. The zero-order valence-electron chi connectivity index (χ0n) is 17.0. The molecule has 2 aliphatic heterocycles. The Hall–Kier alpha value is -2.61. The van der Waals surface area contributed by atoms with Crippen LogP contribution in [0.3, 0.4) is 0 Å². The van der Waals surface area contributed by atoms with Gasteiger partial charge in [-0.3, -0.25) is 0 Å². The largest absolute Gasteiger partial charge is 0.487 e. The van der Waals surface area contributed by atoms with Crippen LogP contribution in [0.4, 0.5) is 4.79 Å². The third kappa shape index (κ3) is 4.70. The van der Waals surface area contributed by atoms with Crippen molar-refractivity contribution in [2.45, 2.75) is 51.2 Å². The number of carbonyl (C=O) groups is 1. The van der Waals surface area contributed by atoms with E-state index in [1.807, 2.05) is 31.2 Å². The summed E-state index contributed by atoms with van der Waals surface area (Å²) in [4.78, 5) is 18.4. The molecule has 2 aliphatic rings. The van der Waals surface area contributed by atoms with Gasteiger partial charge in [-0.25, -0.2) is 4.79 Å². The maximum absolute atomic E-state index is 12.0. The Morgan fingerprint density at radius 2 is 2.00 bits per heavy atom. The number of amides is 2. The maximum Gasteiger partial charge on any atom is 0.317 e. The van der Waals surface area contributed by atoms with Gasteiger partial charge in [0.2, 0.25) is 11.7 Å². The molecule has 156 valence electrons. The third-order valence-electron chi connectivity index (χ3n) is 5.55. The molecule has 1 N–H and O–H groups in total. The molecule has 29 heavy (non-hydrogen) atoms. The average Bonchev–Trinajstić information content (AvgIpc) is 3.21. The molecule has 4 rings (SSSR count). The lowest BCUT2D eigenvalue weighted by Crippen LogP contribution is -2.59. The van der Waals surface area contributed by atoms with Gasteiger partial charge >= 0.3 is 6.03 Å². The van der Waals surface area contributed by atoms with Crippen LogP contribution in [0.1, 0.15) is 44.9 Å². The first-order valence-electron chi connectivity index (χ1n) is 10.4. The summed E-state index contributed by atoms with van der Waals surface area (Å²) in [7, 11) is 0. The number of hydrogen-bond donors (Lipinski definition) is 1. The second-order valence-corrected chi connectivity index (χ2v) is 7.77. The van der Waals surface area contributed by atoms with Gasteiger partial charge in [0, 0.05) is 30.7 Å². The minimum absolute atomic E-state index is 0.0213. The molecule has 2 fully saturated rings. The summed E-state index contributed by atoms with van der Waals surface area (Å²) in [5, 5.41) is 7.09. The number of nitrogens with one attached hydrogen (secondary N) is 1. The normalized spacial score (nSPS) is 18.9. The number of benzene rings is 1. The predicted molar refractivity (Wildman–Crippen MR) is 107 cm³/mol. The molecule has 2 amide bonds. The Morgan fingerprint density at radius 3 is 2.69 bits per heavy atom. The molecule has 0 aliphatic carbocycles. The highest BCUT2D eigenvalue weighted by Crippen LogP contribution is 2.28. The van der Waals surface area contributed by atoms with Crippen LogP contribution in [0.5, 0.6) is 5.75 Å². The highest BCUT2D eigenvalue weighted by atomic mass is 16.5. The number of hydrogen-bond acceptors (Lipinski definition) is 6. The van der Waals surface area contributed by atoms with Crippen molar-refractivity contribution in [2.24, 2.45) is 0 Å². The Morgan fingerprint density at radius 1 is 1.28 bits per heavy atom. The van der Waals surface area contributed by atoms with Crippen LogP contribution in [0.25, 0.3) is 11.4 Å². The second-order valence-electron chi connectivity index (χ2n) is 7.77. The molecule has 0 radical (unpaired) electrons. The lowest BCUT2D eigenvalue weighted by atomic mass is 10.0. The molecule has 2 aromatic rings. The molecule has 1 unspecified atom stereocenters. The van der Waals surface area contributed by atoms with Gasteiger partial charge in [-0.1, -0.05) is 12.1 Å². The lowest BCUT2D eigenvalue weighted by molar-refractivity contribution is 0.0436. The number of urea groups is 1. The molecule has 2 saturated heterocycles. The van der Waals surface area contributed by atoms with Gasteiger partial charge in [0.25, 0.3) is 0 Å². The summed E-state index contributed by atoms with van der Waals surface area (Å²) in [6.07, 6.45) is 2.78. The Labute approximate surface area is 170 Å². The smallest absolute Gasteiger partial charge is 0.317 e. The quantitative estimate of drug-likeness (QED) is 0.801. The van der Waals surface area contributed by atoms with Crippen LogP contribution in [0, 0.1) is 0 Å². The van der Waals surface area contributed by atoms with Gasteiger partial charge in [0.1, 0.15) is 11.9 Å². The molecule has 0 spiro atoms. The molecule has 8 heteroatoms. The Kier molecular flexibility index (Phi) is 5.99. The van der Waals surface area contributed by atoms with Crippen molar-refractivity contribution in [1.29, 1.82) is 0 Å². The van der Waals surface area contributed by atoms with E-state index in [-0.39, 0.29) is 24.1 Å². The number of ether oxygens (including phenoxy) is 2. The van der Waals surface area contributed by atoms with Crippen molar-refractivity contribution < 1.29 is 18.8 Å². The Bertz CT molecular complexity index is 810. The van der Waals surface area contributed by atoms with Gasteiger partial charge in [0.05, 0.1) is 13.1 Å². The SMILES string of the molecule is CCC(C)NC(=O)N1CC(Oc2ccc(-c3noc(C4CCOCC4)n3)cc2)C1. The minimum Gasteiger partial charge on any atom is -0.487 e. The summed E-state index contributed by atoms with van der Waals surface area (Å²) in [5.74, 6) is 2.34. The van der Waals surface area contributed by atoms with Crippen LogP contribution in [-0.4, -0.2) is 59.5 Å². The first-order chi connectivity index (χ1) is 14.1. The topological polar surface area (TPSA) is 89.7 Å². The van der Waals surface area contributed by atoms with Crippen LogP contribution < -0.4 is 10.1 Å². The fourth-order valence-electron chi connectivity index (χ4n) is 3.42. The molecule has 1 atom stereocenters. The van der Waals surface area contributed by atoms with Gasteiger partial charge in [0.15, 0.2) is 0 Å². The van der Waals surface area contributed by atoms with Gasteiger partial charge in [-0.2, -0.15) is 4.98 Å². The fraction of sp³-hybridized carbons (Fsp3) is 0.571. The minimum atomic E-state index is -0.0213. The number of aromatic nitrogens is 2. The van der Waals surface area contributed by atoms with E-state index >= 15 is 0 Å². The van der Waals surface area contributed by atoms with E-state index in [4.69, 9.17) is 14.0 Å². The van der Waals surface area contributed by atoms with E-state index in [1.165, 1.54) is 0 Å². The van der Waals surface area contributed by atoms with Gasteiger partial charge < -0.3 is 24.2 Å². The van der Waals surface area contributed by atoms with Crippen molar-refractivity contribution in [3.8, 4) is 17.1 Å². The van der Waals surface area contributed by atoms with Crippen molar-refractivity contribution in [3.05, 3.63) is 30.2 Å². The van der Waals surface area contributed by atoms with Crippen LogP contribution in [-0.2, 0) is 4.74 Å². The van der Waals surface area contributed by atoms with E-state index in [0.29, 0.717) is 24.8 Å². The van der Waals surface area contributed by atoms with E-state index in [1.54, 1.807) is 4.90 Å². The molecule has 0 bridgehead atoms. The molecular formula is C21H28N4O4. The fourth-order valence-corrected chi connectivity index (χ4v) is 3.42. The zero-order chi connectivity index (χ0) is 20.2. The molecule has 3 heterocycles. The van der Waals surface area contributed by atoms with E-state index < -0.39 is 0 Å². The van der Waals surface area contributed by atoms with Crippen LogP contribution in [0.2, 0.25) is 0 Å². The number of likely N-dealkylation sites (tertiary alicyclic amines) is 1. The van der Waals surface area contributed by atoms with Crippen LogP contribution >= 0.6 is 0 Å². The van der Waals surface area contributed by atoms with Gasteiger partial charge in [-0.15, -0.1) is 0 Å². The second kappa shape index (κ2) is 8.82. The van der Waals surface area contributed by atoms with E-state index in [0.717, 1.165) is 43.8 Å². The first-order valence-corrected chi connectivity index (χ1v) is 10.4. The molecule has 0 saturated carbocycles. The van der Waals surface area contributed by atoms with Crippen molar-refractivity contribution in [3.63, 3.8) is 0 Å². The monoisotopic (exact) mass is 400 g/mol. The highest BCUT2D eigenvalue weighted by Gasteiger charge is 2.32. The summed E-state index contributed by atoms with van der Waals surface area (Å²) in [6, 6.07) is 7.84. The Balaban J connectivity index is 1.28. The number of nitrogens with zero attached hydrogens (tertiary/aromatic N) is 3. The summed E-state index contributed by atoms with van der Waals surface area (Å²) in [6.45, 7) is 6.74. The van der Waals surface area contributed by atoms with E-state index in [2.05, 4.69) is 22.4 Å². The lowest BCUT2D eigenvalue weighted by Gasteiger charge is -2.39. The van der Waals surface area contributed by atoms with Crippen LogP contribution in [0.15, 0.2) is 28.8 Å². The zero-order valence-corrected chi connectivity index (χ0v) is 17.0. The molecular weight excluding hydrogens is 372 g/mol. The van der Waals surface area contributed by atoms with Gasteiger partial charge in [-0.05, 0) is 50.5 Å². The molecule has 8 nitrogen and oxygen atoms in total. The standard InChI is InChI=1S/C21H28N4O4/c1-3-14(2)22-21(26)25-12-18(13-25)28-17-6-4-15(5-7-17)19-23-20(29-24-19)16-8-10-27-11-9-16/h4-7,14,16,18H,3,8-13H2,1-2H3,(H,22,26). The van der Waals surface area contributed by atoms with Crippen molar-refractivity contribution in [1.82, 2.24) is 20.4 Å². The summed E-state index contributed by atoms with van der Waals surface area (Å²) >= 11 is 0.